The number of methoxy groups -OCH3 is 1. The van der Waals surface area contributed by atoms with Crippen LogP contribution < -0.4 is 9.46 Å². The lowest BCUT2D eigenvalue weighted by molar-refractivity contribution is 0.221. The third-order valence-corrected chi connectivity index (χ3v) is 5.83. The quantitative estimate of drug-likeness (QED) is 0.857. The summed E-state index contributed by atoms with van der Waals surface area (Å²) < 4.78 is 32.6. The van der Waals surface area contributed by atoms with Gasteiger partial charge in [0.25, 0.3) is 10.0 Å². The molecule has 3 rings (SSSR count). The summed E-state index contributed by atoms with van der Waals surface area (Å²) in [5, 5.41) is 0. The predicted octanol–water partition coefficient (Wildman–Crippen LogP) is 3.48. The molecule has 0 spiro atoms. The zero-order chi connectivity index (χ0) is 17.7. The molecule has 2 aromatic carbocycles. The van der Waals surface area contributed by atoms with Crippen LogP contribution in [0.4, 0.5) is 5.69 Å². The Morgan fingerprint density at radius 1 is 0.960 bits per heavy atom. The third kappa shape index (κ3) is 4.74. The lowest BCUT2D eigenvalue weighted by Gasteiger charge is -2.26. The third-order valence-electron chi connectivity index (χ3n) is 4.43. The van der Waals surface area contributed by atoms with Crippen LogP contribution in [0.1, 0.15) is 24.8 Å². The number of hydrogen-bond acceptors (Lipinski definition) is 4. The number of nitrogens with zero attached hydrogens (tertiary/aromatic N) is 1. The van der Waals surface area contributed by atoms with E-state index in [-0.39, 0.29) is 4.90 Å². The van der Waals surface area contributed by atoms with Gasteiger partial charge in [-0.3, -0.25) is 9.62 Å². The van der Waals surface area contributed by atoms with Crippen molar-refractivity contribution >= 4 is 15.7 Å². The standard InChI is InChI=1S/C19H24N2O3S/c1-24-18-9-11-19(12-10-18)25(22,23)20-17-7-5-16(6-8-17)15-21-13-3-2-4-14-21/h5-12,20H,2-4,13-15H2,1H3. The molecule has 25 heavy (non-hydrogen) atoms. The molecule has 1 fully saturated rings. The van der Waals surface area contributed by atoms with Gasteiger partial charge in [0.2, 0.25) is 0 Å². The molecule has 0 saturated carbocycles. The summed E-state index contributed by atoms with van der Waals surface area (Å²) >= 11 is 0. The molecule has 0 bridgehead atoms. The van der Waals surface area contributed by atoms with Gasteiger partial charge in [0.05, 0.1) is 12.0 Å². The molecule has 6 heteroatoms. The summed E-state index contributed by atoms with van der Waals surface area (Å²) in [5.74, 6) is 0.626. The second-order valence-corrected chi connectivity index (χ2v) is 8.00. The molecule has 2 aromatic rings. The van der Waals surface area contributed by atoms with Gasteiger partial charge in [0.1, 0.15) is 5.75 Å². The van der Waals surface area contributed by atoms with Crippen molar-refractivity contribution in [2.75, 3.05) is 24.9 Å². The number of anilines is 1. The van der Waals surface area contributed by atoms with Gasteiger partial charge in [-0.15, -0.1) is 0 Å². The molecular formula is C19H24N2O3S. The highest BCUT2D eigenvalue weighted by atomic mass is 32.2. The van der Waals surface area contributed by atoms with Crippen molar-refractivity contribution in [2.24, 2.45) is 0 Å². The minimum Gasteiger partial charge on any atom is -0.497 e. The van der Waals surface area contributed by atoms with Crippen LogP contribution in [0, 0.1) is 0 Å². The number of likely N-dealkylation sites (tertiary alicyclic amines) is 1. The van der Waals surface area contributed by atoms with Crippen LogP contribution >= 0.6 is 0 Å². The van der Waals surface area contributed by atoms with E-state index in [0.717, 1.165) is 19.6 Å². The first-order valence-electron chi connectivity index (χ1n) is 8.55. The van der Waals surface area contributed by atoms with E-state index in [1.807, 2.05) is 24.3 Å². The summed E-state index contributed by atoms with van der Waals surface area (Å²) in [6, 6.07) is 14.0. The maximum Gasteiger partial charge on any atom is 0.261 e. The lowest BCUT2D eigenvalue weighted by Crippen LogP contribution is -2.29. The maximum atomic E-state index is 12.4. The first-order chi connectivity index (χ1) is 12.1. The zero-order valence-electron chi connectivity index (χ0n) is 14.4. The second-order valence-electron chi connectivity index (χ2n) is 6.31. The number of ether oxygens (including phenoxy) is 1. The van der Waals surface area contributed by atoms with Gasteiger partial charge in [0, 0.05) is 12.2 Å². The Labute approximate surface area is 149 Å². The van der Waals surface area contributed by atoms with E-state index in [9.17, 15) is 8.42 Å². The Kier molecular flexibility index (Phi) is 5.60. The molecule has 1 aliphatic rings. The van der Waals surface area contributed by atoms with Gasteiger partial charge in [-0.2, -0.15) is 0 Å². The minimum absolute atomic E-state index is 0.214. The Morgan fingerprint density at radius 3 is 2.20 bits per heavy atom. The molecule has 134 valence electrons. The summed E-state index contributed by atoms with van der Waals surface area (Å²) in [6.07, 6.45) is 3.85. The van der Waals surface area contributed by atoms with E-state index in [1.54, 1.807) is 19.2 Å². The van der Waals surface area contributed by atoms with Crippen molar-refractivity contribution in [1.29, 1.82) is 0 Å². The molecule has 0 unspecified atom stereocenters. The summed E-state index contributed by atoms with van der Waals surface area (Å²) in [7, 11) is -2.05. The van der Waals surface area contributed by atoms with Crippen LogP contribution in [0.2, 0.25) is 0 Å². The molecule has 1 aliphatic heterocycles. The van der Waals surface area contributed by atoms with Gasteiger partial charge in [-0.1, -0.05) is 18.6 Å². The first kappa shape index (κ1) is 17.8. The predicted molar refractivity (Wildman–Crippen MR) is 99.4 cm³/mol. The average Bonchev–Trinajstić information content (AvgIpc) is 2.64. The number of sulfonamides is 1. The van der Waals surface area contributed by atoms with Crippen LogP contribution in [-0.4, -0.2) is 33.5 Å². The van der Waals surface area contributed by atoms with Crippen molar-refractivity contribution in [3.05, 3.63) is 54.1 Å². The molecule has 0 aliphatic carbocycles. The summed E-state index contributed by atoms with van der Waals surface area (Å²) in [4.78, 5) is 2.66. The van der Waals surface area contributed by atoms with Gasteiger partial charge in [-0.05, 0) is 67.9 Å². The second kappa shape index (κ2) is 7.89. The van der Waals surface area contributed by atoms with Crippen LogP contribution in [0.25, 0.3) is 0 Å². The van der Waals surface area contributed by atoms with Crippen molar-refractivity contribution in [1.82, 2.24) is 4.90 Å². The van der Waals surface area contributed by atoms with E-state index >= 15 is 0 Å². The summed E-state index contributed by atoms with van der Waals surface area (Å²) in [6.45, 7) is 3.21. The molecule has 1 N–H and O–H groups in total. The van der Waals surface area contributed by atoms with Crippen LogP contribution in [-0.2, 0) is 16.6 Å². The monoisotopic (exact) mass is 360 g/mol. The molecule has 0 amide bonds. The smallest absolute Gasteiger partial charge is 0.261 e. The van der Waals surface area contributed by atoms with Crippen molar-refractivity contribution in [2.45, 2.75) is 30.7 Å². The number of benzene rings is 2. The molecule has 0 aromatic heterocycles. The normalized spacial score (nSPS) is 15.7. The highest BCUT2D eigenvalue weighted by molar-refractivity contribution is 7.92. The summed E-state index contributed by atoms with van der Waals surface area (Å²) in [5.41, 5.74) is 1.77. The average molecular weight is 360 g/mol. The molecular weight excluding hydrogens is 336 g/mol. The number of piperidine rings is 1. The van der Waals surface area contributed by atoms with E-state index in [4.69, 9.17) is 4.74 Å². The van der Waals surface area contributed by atoms with E-state index in [1.165, 1.54) is 37.0 Å². The topological polar surface area (TPSA) is 58.6 Å². The van der Waals surface area contributed by atoms with Crippen molar-refractivity contribution in [3.63, 3.8) is 0 Å². The van der Waals surface area contributed by atoms with Gasteiger partial charge in [0.15, 0.2) is 0 Å². The van der Waals surface area contributed by atoms with E-state index < -0.39 is 10.0 Å². The Balaban J connectivity index is 1.65. The van der Waals surface area contributed by atoms with Crippen molar-refractivity contribution in [3.8, 4) is 5.75 Å². The first-order valence-corrected chi connectivity index (χ1v) is 10.0. The highest BCUT2D eigenvalue weighted by Crippen LogP contribution is 2.20. The minimum atomic E-state index is -3.59. The number of rotatable bonds is 6. The fourth-order valence-corrected chi connectivity index (χ4v) is 4.08. The van der Waals surface area contributed by atoms with Crippen LogP contribution in [0.3, 0.4) is 0 Å². The molecule has 5 nitrogen and oxygen atoms in total. The van der Waals surface area contributed by atoms with Gasteiger partial charge < -0.3 is 4.74 Å². The number of nitrogens with one attached hydrogen (secondary N) is 1. The van der Waals surface area contributed by atoms with Gasteiger partial charge >= 0.3 is 0 Å². The Hall–Kier alpha value is -2.05. The Morgan fingerprint density at radius 2 is 1.60 bits per heavy atom. The van der Waals surface area contributed by atoms with E-state index in [0.29, 0.717) is 11.4 Å². The van der Waals surface area contributed by atoms with E-state index in [2.05, 4.69) is 9.62 Å². The maximum absolute atomic E-state index is 12.4. The highest BCUT2D eigenvalue weighted by Gasteiger charge is 2.15. The van der Waals surface area contributed by atoms with Crippen LogP contribution in [0.15, 0.2) is 53.4 Å². The fourth-order valence-electron chi connectivity index (χ4n) is 3.02. The van der Waals surface area contributed by atoms with Crippen molar-refractivity contribution < 1.29 is 13.2 Å². The fraction of sp³-hybridized carbons (Fsp3) is 0.368. The SMILES string of the molecule is COc1ccc(S(=O)(=O)Nc2ccc(CN3CCCCC3)cc2)cc1. The lowest BCUT2D eigenvalue weighted by atomic mass is 10.1. The largest absolute Gasteiger partial charge is 0.497 e. The number of hydrogen-bond donors (Lipinski definition) is 1. The molecule has 0 radical (unpaired) electrons. The van der Waals surface area contributed by atoms with Crippen LogP contribution in [0.5, 0.6) is 5.75 Å². The molecule has 1 saturated heterocycles. The Bertz CT molecular complexity index is 780. The van der Waals surface area contributed by atoms with Gasteiger partial charge in [-0.25, -0.2) is 8.42 Å². The zero-order valence-corrected chi connectivity index (χ0v) is 15.3. The molecule has 1 heterocycles. The molecule has 0 atom stereocenters.